The van der Waals surface area contributed by atoms with E-state index in [0.29, 0.717) is 19.9 Å². The van der Waals surface area contributed by atoms with Crippen LogP contribution in [0.15, 0.2) is 32.9 Å². The number of benzene rings is 1. The molecule has 1 heterocycles. The Kier molecular flexibility index (Phi) is 6.76. The van der Waals surface area contributed by atoms with Gasteiger partial charge in [0.05, 0.1) is 17.2 Å². The number of primary amides is 1. The molecule has 3 N–H and O–H groups in total. The van der Waals surface area contributed by atoms with E-state index >= 15 is 0 Å². The number of para-hydroxylation sites is 1. The molecule has 2 rings (SSSR count). The molecule has 0 spiro atoms. The number of nitrogens with zero attached hydrogens (tertiary/aromatic N) is 2. The van der Waals surface area contributed by atoms with Crippen molar-refractivity contribution in [1.82, 2.24) is 10.2 Å². The first kappa shape index (κ1) is 18.4. The van der Waals surface area contributed by atoms with Gasteiger partial charge < -0.3 is 11.1 Å². The van der Waals surface area contributed by atoms with Crippen LogP contribution in [0.2, 0.25) is 0 Å². The molecule has 0 aliphatic heterocycles. The minimum absolute atomic E-state index is 0.112. The van der Waals surface area contributed by atoms with Crippen LogP contribution in [0.1, 0.15) is 17.3 Å². The molecule has 0 saturated carbocycles. The molecular formula is C14H14N4O3S3. The van der Waals surface area contributed by atoms with Gasteiger partial charge in [0.25, 0.3) is 0 Å². The molecule has 1 aromatic heterocycles. The molecule has 0 aliphatic carbocycles. The van der Waals surface area contributed by atoms with Crippen molar-refractivity contribution in [2.45, 2.75) is 15.6 Å². The van der Waals surface area contributed by atoms with E-state index < -0.39 is 5.91 Å². The minimum atomic E-state index is -0.423. The van der Waals surface area contributed by atoms with Crippen molar-refractivity contribution >= 4 is 58.1 Å². The van der Waals surface area contributed by atoms with Gasteiger partial charge in [0.1, 0.15) is 0 Å². The molecule has 2 aromatic rings. The summed E-state index contributed by atoms with van der Waals surface area (Å²) in [4.78, 5) is 34.3. The molecule has 0 fully saturated rings. The summed E-state index contributed by atoms with van der Waals surface area (Å²) in [7, 11) is 0. The van der Waals surface area contributed by atoms with E-state index in [2.05, 4.69) is 15.5 Å². The predicted octanol–water partition coefficient (Wildman–Crippen LogP) is 2.05. The number of carbonyl (C=O) groups excluding carboxylic acids is 3. The number of carbonyl (C=O) groups is 3. The molecule has 0 radical (unpaired) electrons. The number of Topliss-reactive ketones (excluding diaryl/α,β-unsaturated/α-hetero) is 1. The number of rotatable bonds is 8. The number of nitrogens with two attached hydrogens (primary N) is 1. The summed E-state index contributed by atoms with van der Waals surface area (Å²) in [6.07, 6.45) is 0. The highest BCUT2D eigenvalue weighted by Crippen LogP contribution is 2.28. The summed E-state index contributed by atoms with van der Waals surface area (Å²) in [6, 6.07) is 6.84. The summed E-state index contributed by atoms with van der Waals surface area (Å²) < 4.78 is 1.25. The van der Waals surface area contributed by atoms with Crippen molar-refractivity contribution in [2.75, 3.05) is 16.8 Å². The highest BCUT2D eigenvalue weighted by Gasteiger charge is 2.12. The van der Waals surface area contributed by atoms with Gasteiger partial charge in [-0.15, -0.1) is 10.2 Å². The van der Waals surface area contributed by atoms with Crippen LogP contribution in [0.5, 0.6) is 0 Å². The lowest BCUT2D eigenvalue weighted by molar-refractivity contribution is -0.115. The fraction of sp³-hybridized carbons (Fsp3) is 0.214. The Labute approximate surface area is 150 Å². The van der Waals surface area contributed by atoms with Gasteiger partial charge in [0, 0.05) is 5.56 Å². The van der Waals surface area contributed by atoms with Crippen LogP contribution in [0.3, 0.4) is 0 Å². The molecule has 7 nitrogen and oxygen atoms in total. The van der Waals surface area contributed by atoms with Gasteiger partial charge in [0.2, 0.25) is 11.8 Å². The van der Waals surface area contributed by atoms with Gasteiger partial charge >= 0.3 is 0 Å². The van der Waals surface area contributed by atoms with Crippen LogP contribution in [0.25, 0.3) is 0 Å². The van der Waals surface area contributed by atoms with Crippen LogP contribution >= 0.6 is 34.9 Å². The zero-order valence-electron chi connectivity index (χ0n) is 12.6. The van der Waals surface area contributed by atoms with E-state index in [9.17, 15) is 14.4 Å². The molecule has 1 aromatic carbocycles. The van der Waals surface area contributed by atoms with Gasteiger partial charge in [0.15, 0.2) is 14.5 Å². The van der Waals surface area contributed by atoms with Crippen molar-refractivity contribution < 1.29 is 14.4 Å². The van der Waals surface area contributed by atoms with Crippen LogP contribution in [0, 0.1) is 0 Å². The molecule has 0 saturated heterocycles. The standard InChI is InChI=1S/C14H14N4O3S3/c1-8(19)9-4-2-3-5-10(9)16-12(21)7-23-14-18-17-13(24-14)22-6-11(15)20/h2-5H,6-7H2,1H3,(H2,15,20)(H,16,21). The first-order valence-corrected chi connectivity index (χ1v) is 9.51. The van der Waals surface area contributed by atoms with Crippen molar-refractivity contribution in [3.63, 3.8) is 0 Å². The van der Waals surface area contributed by atoms with E-state index in [0.717, 1.165) is 0 Å². The van der Waals surface area contributed by atoms with Crippen molar-refractivity contribution in [3.8, 4) is 0 Å². The molecule has 2 amide bonds. The Bertz CT molecular complexity index is 763. The lowest BCUT2D eigenvalue weighted by Gasteiger charge is -2.08. The molecule has 0 aliphatic rings. The number of nitrogens with one attached hydrogen (secondary N) is 1. The van der Waals surface area contributed by atoms with E-state index in [1.165, 1.54) is 41.8 Å². The largest absolute Gasteiger partial charge is 0.369 e. The first-order valence-electron chi connectivity index (χ1n) is 6.73. The van der Waals surface area contributed by atoms with Crippen molar-refractivity contribution in [2.24, 2.45) is 5.73 Å². The normalized spacial score (nSPS) is 10.4. The Balaban J connectivity index is 1.88. The van der Waals surface area contributed by atoms with E-state index in [4.69, 9.17) is 5.73 Å². The fourth-order valence-corrected chi connectivity index (χ4v) is 4.22. The zero-order valence-corrected chi connectivity index (χ0v) is 15.1. The number of amides is 2. The fourth-order valence-electron chi connectivity index (χ4n) is 1.66. The highest BCUT2D eigenvalue weighted by molar-refractivity contribution is 8.03. The number of aromatic nitrogens is 2. The lowest BCUT2D eigenvalue weighted by Crippen LogP contribution is -2.16. The number of hydrogen-bond donors (Lipinski definition) is 2. The maximum Gasteiger partial charge on any atom is 0.234 e. The van der Waals surface area contributed by atoms with Gasteiger partial charge in [-0.3, -0.25) is 14.4 Å². The summed E-state index contributed by atoms with van der Waals surface area (Å²) >= 11 is 3.74. The van der Waals surface area contributed by atoms with E-state index in [1.807, 2.05) is 0 Å². The lowest BCUT2D eigenvalue weighted by atomic mass is 10.1. The minimum Gasteiger partial charge on any atom is -0.369 e. The van der Waals surface area contributed by atoms with E-state index in [1.54, 1.807) is 24.3 Å². The van der Waals surface area contributed by atoms with Crippen LogP contribution in [-0.2, 0) is 9.59 Å². The second-order valence-corrected chi connectivity index (χ2v) is 7.95. The average molecular weight is 382 g/mol. The third-order valence-corrected chi connectivity index (χ3v) is 5.85. The number of ketones is 1. The monoisotopic (exact) mass is 382 g/mol. The maximum atomic E-state index is 12.0. The quantitative estimate of drug-likeness (QED) is 0.530. The first-order chi connectivity index (χ1) is 11.5. The average Bonchev–Trinajstić information content (AvgIpc) is 2.99. The van der Waals surface area contributed by atoms with Crippen LogP contribution in [-0.4, -0.2) is 39.3 Å². The second-order valence-electron chi connectivity index (χ2n) is 4.53. The van der Waals surface area contributed by atoms with Crippen molar-refractivity contribution in [3.05, 3.63) is 29.8 Å². The number of thioether (sulfide) groups is 2. The third-order valence-electron chi connectivity index (χ3n) is 2.63. The molecular weight excluding hydrogens is 368 g/mol. The Hall–Kier alpha value is -1.91. The summed E-state index contributed by atoms with van der Waals surface area (Å²) in [6.45, 7) is 1.45. The third kappa shape index (κ3) is 5.62. The van der Waals surface area contributed by atoms with Gasteiger partial charge in [-0.25, -0.2) is 0 Å². The zero-order chi connectivity index (χ0) is 17.5. The van der Waals surface area contributed by atoms with Crippen LogP contribution in [0.4, 0.5) is 5.69 Å². The predicted molar refractivity (Wildman–Crippen MR) is 95.6 cm³/mol. The second kappa shape index (κ2) is 8.81. The number of anilines is 1. The van der Waals surface area contributed by atoms with E-state index in [-0.39, 0.29) is 23.2 Å². The van der Waals surface area contributed by atoms with Crippen molar-refractivity contribution in [1.29, 1.82) is 0 Å². The molecule has 0 unspecified atom stereocenters. The SMILES string of the molecule is CC(=O)c1ccccc1NC(=O)CSc1nnc(SCC(N)=O)s1. The molecule has 0 bridgehead atoms. The Morgan fingerprint density at radius 1 is 1.12 bits per heavy atom. The van der Waals surface area contributed by atoms with Gasteiger partial charge in [-0.1, -0.05) is 47.0 Å². The number of hydrogen-bond acceptors (Lipinski definition) is 8. The smallest absolute Gasteiger partial charge is 0.234 e. The molecule has 10 heteroatoms. The maximum absolute atomic E-state index is 12.0. The Morgan fingerprint density at radius 3 is 2.38 bits per heavy atom. The molecule has 24 heavy (non-hydrogen) atoms. The summed E-state index contributed by atoms with van der Waals surface area (Å²) in [5.41, 5.74) is 6.03. The summed E-state index contributed by atoms with van der Waals surface area (Å²) in [5, 5.41) is 10.6. The topological polar surface area (TPSA) is 115 Å². The molecule has 126 valence electrons. The summed E-state index contributed by atoms with van der Waals surface area (Å²) in [5.74, 6) is -0.495. The van der Waals surface area contributed by atoms with Gasteiger partial charge in [-0.2, -0.15) is 0 Å². The highest BCUT2D eigenvalue weighted by atomic mass is 32.2. The Morgan fingerprint density at radius 2 is 1.75 bits per heavy atom. The van der Waals surface area contributed by atoms with Crippen LogP contribution < -0.4 is 11.1 Å². The molecule has 0 atom stereocenters. The van der Waals surface area contributed by atoms with Gasteiger partial charge in [-0.05, 0) is 19.1 Å².